The van der Waals surface area contributed by atoms with Gasteiger partial charge in [0.1, 0.15) is 5.54 Å². The molecule has 1 saturated heterocycles. The zero-order chi connectivity index (χ0) is 15.2. The van der Waals surface area contributed by atoms with E-state index >= 15 is 0 Å². The Balaban J connectivity index is 2.29. The van der Waals surface area contributed by atoms with Crippen LogP contribution in [0.1, 0.15) is 53.4 Å². The molecule has 118 valence electrons. The number of likely N-dealkylation sites (tertiary alicyclic amines) is 1. The smallest absolute Gasteiger partial charge is 0.325 e. The lowest BCUT2D eigenvalue weighted by molar-refractivity contribution is -0.148. The van der Waals surface area contributed by atoms with E-state index in [-0.39, 0.29) is 5.97 Å². The number of hydrogen-bond acceptors (Lipinski definition) is 4. The number of nitrogens with zero attached hydrogens (tertiary/aromatic N) is 1. The van der Waals surface area contributed by atoms with Gasteiger partial charge in [0.05, 0.1) is 7.11 Å². The van der Waals surface area contributed by atoms with Crippen molar-refractivity contribution in [2.24, 2.45) is 5.41 Å². The Kier molecular flexibility index (Phi) is 6.46. The first-order valence-electron chi connectivity index (χ1n) is 7.89. The van der Waals surface area contributed by atoms with Crippen LogP contribution in [0.25, 0.3) is 0 Å². The topological polar surface area (TPSA) is 41.6 Å². The highest BCUT2D eigenvalue weighted by Crippen LogP contribution is 2.29. The van der Waals surface area contributed by atoms with Gasteiger partial charge in [-0.1, -0.05) is 20.8 Å². The molecule has 0 radical (unpaired) electrons. The predicted molar refractivity (Wildman–Crippen MR) is 82.8 cm³/mol. The minimum absolute atomic E-state index is 0.151. The van der Waals surface area contributed by atoms with E-state index in [1.54, 1.807) is 0 Å². The van der Waals surface area contributed by atoms with Gasteiger partial charge in [0.15, 0.2) is 0 Å². The number of carbonyl (C=O) groups is 1. The minimum Gasteiger partial charge on any atom is -0.468 e. The van der Waals surface area contributed by atoms with Crippen molar-refractivity contribution in [2.45, 2.75) is 58.9 Å². The summed E-state index contributed by atoms with van der Waals surface area (Å²) in [5, 5.41) is 3.26. The van der Waals surface area contributed by atoms with Crippen LogP contribution in [0.3, 0.4) is 0 Å². The fourth-order valence-electron chi connectivity index (χ4n) is 3.11. The van der Waals surface area contributed by atoms with Crippen molar-refractivity contribution < 1.29 is 9.53 Å². The molecule has 1 aliphatic rings. The Morgan fingerprint density at radius 1 is 1.40 bits per heavy atom. The van der Waals surface area contributed by atoms with Crippen LogP contribution in [0.15, 0.2) is 0 Å². The molecule has 0 saturated carbocycles. The van der Waals surface area contributed by atoms with E-state index in [0.717, 1.165) is 32.4 Å². The van der Waals surface area contributed by atoms with Gasteiger partial charge in [0.2, 0.25) is 0 Å². The van der Waals surface area contributed by atoms with Crippen molar-refractivity contribution in [3.8, 4) is 0 Å². The maximum atomic E-state index is 11.9. The SMILES string of the molecule is CCNC(C)(CCCCN1CCC(C)(C)C1)C(=O)OC. The number of carbonyl (C=O) groups excluding carboxylic acids is 1. The molecule has 4 heteroatoms. The number of nitrogens with one attached hydrogen (secondary N) is 1. The molecule has 1 N–H and O–H groups in total. The van der Waals surface area contributed by atoms with Gasteiger partial charge in [0, 0.05) is 6.54 Å². The second-order valence-corrected chi connectivity index (χ2v) is 7.00. The largest absolute Gasteiger partial charge is 0.468 e. The molecule has 1 aliphatic heterocycles. The Hall–Kier alpha value is -0.610. The molecule has 1 atom stereocenters. The van der Waals surface area contributed by atoms with Crippen LogP contribution < -0.4 is 5.32 Å². The molecule has 0 aromatic rings. The quantitative estimate of drug-likeness (QED) is 0.549. The summed E-state index contributed by atoms with van der Waals surface area (Å²) in [4.78, 5) is 14.4. The number of ether oxygens (including phenoxy) is 1. The number of hydrogen-bond donors (Lipinski definition) is 1. The minimum atomic E-state index is -0.534. The molecule has 4 nitrogen and oxygen atoms in total. The van der Waals surface area contributed by atoms with Crippen LogP contribution in [0.2, 0.25) is 0 Å². The van der Waals surface area contributed by atoms with Crippen LogP contribution >= 0.6 is 0 Å². The first-order chi connectivity index (χ1) is 9.33. The van der Waals surface area contributed by atoms with Crippen molar-refractivity contribution in [3.05, 3.63) is 0 Å². The van der Waals surface area contributed by atoms with Crippen LogP contribution in [0.5, 0.6) is 0 Å². The van der Waals surface area contributed by atoms with Gasteiger partial charge in [-0.3, -0.25) is 4.79 Å². The fraction of sp³-hybridized carbons (Fsp3) is 0.938. The highest BCUT2D eigenvalue weighted by molar-refractivity contribution is 5.80. The molecular formula is C16H32N2O2. The van der Waals surface area contributed by atoms with Crippen LogP contribution in [-0.2, 0) is 9.53 Å². The van der Waals surface area contributed by atoms with Crippen molar-refractivity contribution >= 4 is 5.97 Å². The first-order valence-corrected chi connectivity index (χ1v) is 7.89. The van der Waals surface area contributed by atoms with Gasteiger partial charge in [-0.05, 0) is 57.7 Å². The summed E-state index contributed by atoms with van der Waals surface area (Å²) in [6.07, 6.45) is 4.33. The Morgan fingerprint density at radius 3 is 2.60 bits per heavy atom. The molecule has 0 spiro atoms. The Morgan fingerprint density at radius 2 is 2.10 bits per heavy atom. The van der Waals surface area contributed by atoms with E-state index in [2.05, 4.69) is 24.1 Å². The molecular weight excluding hydrogens is 252 g/mol. The van der Waals surface area contributed by atoms with Gasteiger partial charge in [0.25, 0.3) is 0 Å². The lowest BCUT2D eigenvalue weighted by Gasteiger charge is -2.28. The zero-order valence-corrected chi connectivity index (χ0v) is 13.9. The van der Waals surface area contributed by atoms with Gasteiger partial charge in [-0.15, -0.1) is 0 Å². The van der Waals surface area contributed by atoms with E-state index in [0.29, 0.717) is 5.41 Å². The van der Waals surface area contributed by atoms with Crippen LogP contribution in [-0.4, -0.2) is 49.7 Å². The molecule has 1 unspecified atom stereocenters. The van der Waals surface area contributed by atoms with Gasteiger partial charge < -0.3 is 15.0 Å². The van der Waals surface area contributed by atoms with Crippen molar-refractivity contribution in [1.82, 2.24) is 10.2 Å². The summed E-state index contributed by atoms with van der Waals surface area (Å²) in [7, 11) is 1.46. The lowest BCUT2D eigenvalue weighted by Crippen LogP contribution is -2.50. The molecule has 0 amide bonds. The summed E-state index contributed by atoms with van der Waals surface area (Å²) in [6, 6.07) is 0. The molecule has 1 fully saturated rings. The second kappa shape index (κ2) is 7.41. The molecule has 0 aliphatic carbocycles. The van der Waals surface area contributed by atoms with Crippen molar-refractivity contribution in [2.75, 3.05) is 33.3 Å². The van der Waals surface area contributed by atoms with E-state index < -0.39 is 5.54 Å². The van der Waals surface area contributed by atoms with E-state index in [9.17, 15) is 4.79 Å². The van der Waals surface area contributed by atoms with Crippen LogP contribution in [0.4, 0.5) is 0 Å². The number of rotatable bonds is 8. The van der Waals surface area contributed by atoms with Gasteiger partial charge in [-0.2, -0.15) is 0 Å². The molecule has 0 aromatic carbocycles. The summed E-state index contributed by atoms with van der Waals surface area (Å²) < 4.78 is 4.91. The van der Waals surface area contributed by atoms with E-state index in [1.807, 2.05) is 13.8 Å². The Labute approximate surface area is 124 Å². The number of methoxy groups -OCH3 is 1. The third-order valence-corrected chi connectivity index (χ3v) is 4.36. The third kappa shape index (κ3) is 5.06. The average molecular weight is 284 g/mol. The average Bonchev–Trinajstić information content (AvgIpc) is 2.73. The normalized spacial score (nSPS) is 21.6. The monoisotopic (exact) mass is 284 g/mol. The first kappa shape index (κ1) is 17.4. The molecule has 0 aromatic heterocycles. The molecule has 0 bridgehead atoms. The highest BCUT2D eigenvalue weighted by atomic mass is 16.5. The molecule has 20 heavy (non-hydrogen) atoms. The predicted octanol–water partition coefficient (Wildman–Crippen LogP) is 2.43. The van der Waals surface area contributed by atoms with Crippen LogP contribution in [0, 0.1) is 5.41 Å². The number of esters is 1. The summed E-state index contributed by atoms with van der Waals surface area (Å²) >= 11 is 0. The summed E-state index contributed by atoms with van der Waals surface area (Å²) in [5.41, 5.74) is -0.0575. The maximum Gasteiger partial charge on any atom is 0.325 e. The van der Waals surface area contributed by atoms with Gasteiger partial charge in [-0.25, -0.2) is 0 Å². The number of unbranched alkanes of at least 4 members (excludes halogenated alkanes) is 1. The Bertz CT molecular complexity index is 318. The van der Waals surface area contributed by atoms with Crippen molar-refractivity contribution in [1.29, 1.82) is 0 Å². The standard InChI is InChI=1S/C16H32N2O2/c1-6-17-16(4,14(19)20-5)9-7-8-11-18-12-10-15(2,3)13-18/h17H,6-13H2,1-5H3. The van der Waals surface area contributed by atoms with E-state index in [1.165, 1.54) is 26.6 Å². The molecule has 1 rings (SSSR count). The fourth-order valence-corrected chi connectivity index (χ4v) is 3.11. The number of likely N-dealkylation sites (N-methyl/N-ethyl adjacent to an activating group) is 1. The second-order valence-electron chi connectivity index (χ2n) is 7.00. The van der Waals surface area contributed by atoms with E-state index in [4.69, 9.17) is 4.74 Å². The zero-order valence-electron chi connectivity index (χ0n) is 13.9. The maximum absolute atomic E-state index is 11.9. The third-order valence-electron chi connectivity index (χ3n) is 4.36. The summed E-state index contributed by atoms with van der Waals surface area (Å²) in [6.45, 7) is 13.0. The van der Waals surface area contributed by atoms with Gasteiger partial charge >= 0.3 is 5.97 Å². The highest BCUT2D eigenvalue weighted by Gasteiger charge is 2.33. The lowest BCUT2D eigenvalue weighted by atomic mass is 9.93. The molecule has 1 heterocycles. The van der Waals surface area contributed by atoms with Crippen molar-refractivity contribution in [3.63, 3.8) is 0 Å². The summed E-state index contributed by atoms with van der Waals surface area (Å²) in [5.74, 6) is -0.151.